The summed E-state index contributed by atoms with van der Waals surface area (Å²) >= 11 is 0. The van der Waals surface area contributed by atoms with E-state index in [1.165, 1.54) is 0 Å². The van der Waals surface area contributed by atoms with Crippen LogP contribution in [0.4, 0.5) is 5.82 Å². The number of hydrogen-bond acceptors (Lipinski definition) is 6. The molecular formula is C19H22N2O4. The van der Waals surface area contributed by atoms with E-state index in [9.17, 15) is 4.79 Å². The van der Waals surface area contributed by atoms with Crippen LogP contribution in [0.3, 0.4) is 0 Å². The number of benzene rings is 1. The summed E-state index contributed by atoms with van der Waals surface area (Å²) in [5, 5.41) is 0. The van der Waals surface area contributed by atoms with Crippen molar-refractivity contribution in [2.24, 2.45) is 0 Å². The Balaban J connectivity index is 1.62. The highest BCUT2D eigenvalue weighted by molar-refractivity contribution is 5.89. The molecule has 0 radical (unpaired) electrons. The third-order valence-electron chi connectivity index (χ3n) is 4.11. The standard InChI is InChI=1S/C19H22N2O4/c1-14-3-5-17(23-2)16(11-14)13-25-19(22)15-4-6-18(20-12-15)21-7-9-24-10-8-21/h3-6,11-12H,7-10,13H2,1-2H3. The van der Waals surface area contributed by atoms with E-state index in [4.69, 9.17) is 14.2 Å². The van der Waals surface area contributed by atoms with Gasteiger partial charge in [-0.15, -0.1) is 0 Å². The largest absolute Gasteiger partial charge is 0.496 e. The van der Waals surface area contributed by atoms with Gasteiger partial charge in [0.1, 0.15) is 18.2 Å². The summed E-state index contributed by atoms with van der Waals surface area (Å²) in [6.45, 7) is 5.16. The van der Waals surface area contributed by atoms with Crippen molar-refractivity contribution in [1.82, 2.24) is 4.98 Å². The number of carbonyl (C=O) groups excluding carboxylic acids is 1. The Morgan fingerprint density at radius 3 is 2.72 bits per heavy atom. The molecule has 0 amide bonds. The van der Waals surface area contributed by atoms with E-state index in [2.05, 4.69) is 9.88 Å². The zero-order chi connectivity index (χ0) is 17.6. The molecule has 1 aromatic heterocycles. The highest BCUT2D eigenvalue weighted by Crippen LogP contribution is 2.21. The molecule has 132 valence electrons. The fraction of sp³-hybridized carbons (Fsp3) is 0.368. The van der Waals surface area contributed by atoms with E-state index in [0.29, 0.717) is 24.5 Å². The Kier molecular flexibility index (Phi) is 5.50. The van der Waals surface area contributed by atoms with Gasteiger partial charge in [0.15, 0.2) is 0 Å². The number of rotatable bonds is 5. The zero-order valence-electron chi connectivity index (χ0n) is 14.5. The molecule has 2 heterocycles. The number of hydrogen-bond donors (Lipinski definition) is 0. The first-order chi connectivity index (χ1) is 12.2. The summed E-state index contributed by atoms with van der Waals surface area (Å²) in [7, 11) is 1.60. The Morgan fingerprint density at radius 2 is 2.04 bits per heavy atom. The van der Waals surface area contributed by atoms with Crippen molar-refractivity contribution in [1.29, 1.82) is 0 Å². The van der Waals surface area contributed by atoms with Crippen LogP contribution in [0.2, 0.25) is 0 Å². The third-order valence-corrected chi connectivity index (χ3v) is 4.11. The van der Waals surface area contributed by atoms with Gasteiger partial charge in [-0.05, 0) is 31.2 Å². The first-order valence-corrected chi connectivity index (χ1v) is 8.27. The van der Waals surface area contributed by atoms with E-state index in [1.807, 2.05) is 31.2 Å². The molecule has 25 heavy (non-hydrogen) atoms. The van der Waals surface area contributed by atoms with Crippen LogP contribution in [0, 0.1) is 6.92 Å². The maximum absolute atomic E-state index is 12.3. The van der Waals surface area contributed by atoms with E-state index < -0.39 is 5.97 Å². The normalized spacial score (nSPS) is 14.2. The smallest absolute Gasteiger partial charge is 0.340 e. The molecule has 0 spiro atoms. The second-order valence-electron chi connectivity index (χ2n) is 5.90. The molecule has 0 atom stereocenters. The summed E-state index contributed by atoms with van der Waals surface area (Å²) in [6.07, 6.45) is 1.56. The first kappa shape index (κ1) is 17.2. The first-order valence-electron chi connectivity index (χ1n) is 8.27. The lowest BCUT2D eigenvalue weighted by atomic mass is 10.1. The summed E-state index contributed by atoms with van der Waals surface area (Å²) in [4.78, 5) is 18.8. The van der Waals surface area contributed by atoms with E-state index in [1.54, 1.807) is 19.4 Å². The van der Waals surface area contributed by atoms with Crippen LogP contribution in [0.5, 0.6) is 5.75 Å². The van der Waals surface area contributed by atoms with Gasteiger partial charge in [-0.3, -0.25) is 0 Å². The van der Waals surface area contributed by atoms with Crippen LogP contribution >= 0.6 is 0 Å². The summed E-state index contributed by atoms with van der Waals surface area (Å²) < 4.78 is 16.0. The van der Waals surface area contributed by atoms with Crippen LogP contribution in [0.1, 0.15) is 21.5 Å². The SMILES string of the molecule is COc1ccc(C)cc1COC(=O)c1ccc(N2CCOCC2)nc1. The molecule has 0 unspecified atom stereocenters. The lowest BCUT2D eigenvalue weighted by Gasteiger charge is -2.27. The Morgan fingerprint density at radius 1 is 1.24 bits per heavy atom. The molecule has 1 aromatic carbocycles. The van der Waals surface area contributed by atoms with E-state index >= 15 is 0 Å². The van der Waals surface area contributed by atoms with Crippen molar-refractivity contribution in [2.75, 3.05) is 38.3 Å². The second-order valence-corrected chi connectivity index (χ2v) is 5.90. The second kappa shape index (κ2) is 7.98. The fourth-order valence-electron chi connectivity index (χ4n) is 2.73. The predicted molar refractivity (Wildman–Crippen MR) is 94.1 cm³/mol. The van der Waals surface area contributed by atoms with Crippen molar-refractivity contribution in [3.63, 3.8) is 0 Å². The minimum absolute atomic E-state index is 0.162. The fourth-order valence-corrected chi connectivity index (χ4v) is 2.73. The van der Waals surface area contributed by atoms with Gasteiger partial charge >= 0.3 is 5.97 Å². The molecule has 1 saturated heterocycles. The monoisotopic (exact) mass is 342 g/mol. The van der Waals surface area contributed by atoms with Gasteiger partial charge < -0.3 is 19.1 Å². The van der Waals surface area contributed by atoms with Crippen LogP contribution in [0.25, 0.3) is 0 Å². The van der Waals surface area contributed by atoms with Crippen molar-refractivity contribution in [3.8, 4) is 5.75 Å². The molecular weight excluding hydrogens is 320 g/mol. The van der Waals surface area contributed by atoms with Crippen LogP contribution < -0.4 is 9.64 Å². The maximum Gasteiger partial charge on any atom is 0.340 e. The molecule has 1 aliphatic rings. The van der Waals surface area contributed by atoms with Gasteiger partial charge in [0.05, 0.1) is 25.9 Å². The number of ether oxygens (including phenoxy) is 3. The molecule has 3 rings (SSSR count). The van der Waals surface area contributed by atoms with Crippen molar-refractivity contribution >= 4 is 11.8 Å². The summed E-state index contributed by atoms with van der Waals surface area (Å²) in [5.74, 6) is 1.16. The van der Waals surface area contributed by atoms with Crippen LogP contribution in [-0.2, 0) is 16.1 Å². The zero-order valence-corrected chi connectivity index (χ0v) is 14.5. The molecule has 0 N–H and O–H groups in total. The summed E-state index contributed by atoms with van der Waals surface area (Å²) in [6, 6.07) is 9.37. The third kappa shape index (κ3) is 4.28. The number of pyridine rings is 1. The quantitative estimate of drug-likeness (QED) is 0.779. The van der Waals surface area contributed by atoms with E-state index in [-0.39, 0.29) is 6.61 Å². The van der Waals surface area contributed by atoms with Gasteiger partial charge in [-0.25, -0.2) is 9.78 Å². The number of carbonyl (C=O) groups is 1. The number of aromatic nitrogens is 1. The molecule has 2 aromatic rings. The topological polar surface area (TPSA) is 60.9 Å². The minimum Gasteiger partial charge on any atom is -0.496 e. The average molecular weight is 342 g/mol. The number of morpholine rings is 1. The summed E-state index contributed by atoms with van der Waals surface area (Å²) in [5.41, 5.74) is 2.36. The van der Waals surface area contributed by atoms with Gasteiger partial charge in [0.25, 0.3) is 0 Å². The lowest BCUT2D eigenvalue weighted by Crippen LogP contribution is -2.36. The Bertz CT molecular complexity index is 725. The predicted octanol–water partition coefficient (Wildman–Crippen LogP) is 2.59. The van der Waals surface area contributed by atoms with Gasteiger partial charge in [-0.1, -0.05) is 11.6 Å². The molecule has 6 nitrogen and oxygen atoms in total. The lowest BCUT2D eigenvalue weighted by molar-refractivity contribution is 0.0469. The highest BCUT2D eigenvalue weighted by atomic mass is 16.5. The minimum atomic E-state index is -0.399. The molecule has 0 saturated carbocycles. The molecule has 0 bridgehead atoms. The average Bonchev–Trinajstić information content (AvgIpc) is 2.67. The van der Waals surface area contributed by atoms with Gasteiger partial charge in [-0.2, -0.15) is 0 Å². The molecule has 6 heteroatoms. The molecule has 1 aliphatic heterocycles. The number of methoxy groups -OCH3 is 1. The number of anilines is 1. The van der Waals surface area contributed by atoms with Crippen LogP contribution in [0.15, 0.2) is 36.5 Å². The molecule has 0 aliphatic carbocycles. The van der Waals surface area contributed by atoms with E-state index in [0.717, 1.165) is 30.0 Å². The van der Waals surface area contributed by atoms with Gasteiger partial charge in [0, 0.05) is 24.8 Å². The van der Waals surface area contributed by atoms with Gasteiger partial charge in [0.2, 0.25) is 0 Å². The number of esters is 1. The molecule has 1 fully saturated rings. The maximum atomic E-state index is 12.3. The number of nitrogens with zero attached hydrogens (tertiary/aromatic N) is 2. The van der Waals surface area contributed by atoms with Crippen molar-refractivity contribution < 1.29 is 19.0 Å². The van der Waals surface area contributed by atoms with Crippen LogP contribution in [-0.4, -0.2) is 44.4 Å². The Hall–Kier alpha value is -2.60. The van der Waals surface area contributed by atoms with Crippen molar-refractivity contribution in [3.05, 3.63) is 53.2 Å². The number of aryl methyl sites for hydroxylation is 1. The Labute approximate surface area is 147 Å². The van der Waals surface area contributed by atoms with Crippen molar-refractivity contribution in [2.45, 2.75) is 13.5 Å². The highest BCUT2D eigenvalue weighted by Gasteiger charge is 2.14.